The highest BCUT2D eigenvalue weighted by atomic mass is 32.2. The normalized spacial score (nSPS) is 13.6. The molecule has 0 saturated carbocycles. The first-order valence-electron chi connectivity index (χ1n) is 9.97. The topological polar surface area (TPSA) is 86.1 Å². The van der Waals surface area contributed by atoms with Gasteiger partial charge in [-0.15, -0.1) is 21.5 Å². The number of aromatic nitrogens is 3. The molecule has 0 unspecified atom stereocenters. The molecule has 2 aromatic heterocycles. The van der Waals surface area contributed by atoms with Gasteiger partial charge in [0.05, 0.1) is 17.4 Å². The fourth-order valence-corrected chi connectivity index (χ4v) is 5.69. The van der Waals surface area contributed by atoms with Crippen molar-refractivity contribution in [2.45, 2.75) is 77.6 Å². The van der Waals surface area contributed by atoms with Crippen LogP contribution in [0.15, 0.2) is 5.16 Å². The van der Waals surface area contributed by atoms with Crippen molar-refractivity contribution in [2.75, 3.05) is 11.1 Å². The molecule has 2 heterocycles. The molecule has 0 radical (unpaired) electrons. The summed E-state index contributed by atoms with van der Waals surface area (Å²) < 4.78 is 7.45. The fraction of sp³-hybridized carbons (Fsp3) is 0.600. The molecule has 1 aliphatic carbocycles. The van der Waals surface area contributed by atoms with Gasteiger partial charge in [0.25, 0.3) is 0 Å². The number of hydrogen-bond acceptors (Lipinski definition) is 7. The average molecular weight is 437 g/mol. The Kier molecular flexibility index (Phi) is 7.00. The average Bonchev–Trinajstić information content (AvgIpc) is 3.19. The molecule has 0 aromatic carbocycles. The smallest absolute Gasteiger partial charge is 0.341 e. The lowest BCUT2D eigenvalue weighted by Crippen LogP contribution is -2.19. The quantitative estimate of drug-likeness (QED) is 0.511. The summed E-state index contributed by atoms with van der Waals surface area (Å²) in [6, 6.07) is 0.219. The Morgan fingerprint density at radius 1 is 1.21 bits per heavy atom. The maximum Gasteiger partial charge on any atom is 0.341 e. The molecule has 0 aliphatic heterocycles. The van der Waals surface area contributed by atoms with E-state index in [1.165, 1.54) is 28.0 Å². The minimum atomic E-state index is -0.350. The van der Waals surface area contributed by atoms with E-state index < -0.39 is 0 Å². The lowest BCUT2D eigenvalue weighted by Gasteiger charge is -2.14. The molecule has 9 heteroatoms. The number of hydrogen-bond donors (Lipinski definition) is 1. The molecule has 0 bridgehead atoms. The molecule has 2 aromatic rings. The van der Waals surface area contributed by atoms with Crippen molar-refractivity contribution in [1.82, 2.24) is 14.8 Å². The molecule has 0 saturated heterocycles. The third-order valence-electron chi connectivity index (χ3n) is 4.65. The minimum absolute atomic E-state index is 0.164. The highest BCUT2D eigenvalue weighted by Gasteiger charge is 2.28. The number of nitrogens with zero attached hydrogens (tertiary/aromatic N) is 3. The number of carbonyl (C=O) groups excluding carboxylic acids is 2. The Bertz CT molecular complexity index is 902. The predicted octanol–water partition coefficient (Wildman–Crippen LogP) is 4.40. The van der Waals surface area contributed by atoms with Crippen molar-refractivity contribution in [3.05, 3.63) is 21.8 Å². The molecule has 29 heavy (non-hydrogen) atoms. The Morgan fingerprint density at radius 2 is 1.93 bits per heavy atom. The van der Waals surface area contributed by atoms with Gasteiger partial charge in [-0.1, -0.05) is 11.8 Å². The van der Waals surface area contributed by atoms with Crippen LogP contribution in [-0.4, -0.2) is 38.5 Å². The van der Waals surface area contributed by atoms with Crippen LogP contribution < -0.4 is 5.32 Å². The van der Waals surface area contributed by atoms with Gasteiger partial charge in [-0.25, -0.2) is 4.79 Å². The van der Waals surface area contributed by atoms with E-state index in [9.17, 15) is 9.59 Å². The molecule has 1 N–H and O–H groups in total. The summed E-state index contributed by atoms with van der Waals surface area (Å²) in [6.07, 6.45) is 3.77. The number of nitrogens with one attached hydrogen (secondary N) is 1. The van der Waals surface area contributed by atoms with Gasteiger partial charge in [0.15, 0.2) is 5.16 Å². The van der Waals surface area contributed by atoms with Crippen LogP contribution >= 0.6 is 23.1 Å². The number of carbonyl (C=O) groups is 2. The van der Waals surface area contributed by atoms with Gasteiger partial charge in [-0.05, 0) is 65.9 Å². The fourth-order valence-electron chi connectivity index (χ4n) is 3.48. The molecule has 158 valence electrons. The molecule has 0 fully saturated rings. The van der Waals surface area contributed by atoms with Crippen molar-refractivity contribution < 1.29 is 14.3 Å². The number of thioether (sulfide) groups is 1. The van der Waals surface area contributed by atoms with Crippen molar-refractivity contribution >= 4 is 40.0 Å². The van der Waals surface area contributed by atoms with E-state index >= 15 is 0 Å². The van der Waals surface area contributed by atoms with Crippen molar-refractivity contribution in [2.24, 2.45) is 0 Å². The van der Waals surface area contributed by atoms with Gasteiger partial charge in [-0.3, -0.25) is 4.79 Å². The Labute approximate surface area is 179 Å². The first-order valence-corrected chi connectivity index (χ1v) is 11.8. The van der Waals surface area contributed by atoms with Gasteiger partial charge in [-0.2, -0.15) is 0 Å². The summed E-state index contributed by atoms with van der Waals surface area (Å²) in [6.45, 7) is 9.68. The van der Waals surface area contributed by atoms with Gasteiger partial charge < -0.3 is 14.6 Å². The number of anilines is 1. The van der Waals surface area contributed by atoms with E-state index in [-0.39, 0.29) is 29.8 Å². The highest BCUT2D eigenvalue weighted by Crippen LogP contribution is 2.39. The summed E-state index contributed by atoms with van der Waals surface area (Å²) in [5.41, 5.74) is 1.59. The van der Waals surface area contributed by atoms with Crippen LogP contribution in [0.4, 0.5) is 5.00 Å². The monoisotopic (exact) mass is 436 g/mol. The summed E-state index contributed by atoms with van der Waals surface area (Å²) >= 11 is 2.85. The van der Waals surface area contributed by atoms with Crippen LogP contribution in [0.25, 0.3) is 0 Å². The second-order valence-electron chi connectivity index (χ2n) is 7.70. The number of thiophene rings is 1. The molecular formula is C20H28N4O3S2. The zero-order chi connectivity index (χ0) is 21.1. The van der Waals surface area contributed by atoms with Gasteiger partial charge in [0, 0.05) is 10.9 Å². The van der Waals surface area contributed by atoms with E-state index in [1.54, 1.807) is 0 Å². The number of ether oxygens (including phenoxy) is 1. The summed E-state index contributed by atoms with van der Waals surface area (Å²) in [5.74, 6) is 0.514. The molecule has 1 amide bonds. The van der Waals surface area contributed by atoms with Crippen LogP contribution in [0.3, 0.4) is 0 Å². The van der Waals surface area contributed by atoms with Crippen LogP contribution in [0.1, 0.15) is 73.2 Å². The van der Waals surface area contributed by atoms with Crippen molar-refractivity contribution in [3.63, 3.8) is 0 Å². The van der Waals surface area contributed by atoms with E-state index in [0.29, 0.717) is 10.6 Å². The molecule has 1 aliphatic rings. The van der Waals surface area contributed by atoms with Gasteiger partial charge in [0.1, 0.15) is 10.8 Å². The lowest BCUT2D eigenvalue weighted by atomic mass is 9.95. The SMILES string of the molecule is Cc1nnc(SCC(=O)Nc2sc3c(c2C(=O)OC(C)C)CCCC3)n1C(C)C. The van der Waals surface area contributed by atoms with Gasteiger partial charge >= 0.3 is 5.97 Å². The minimum Gasteiger partial charge on any atom is -0.459 e. The zero-order valence-corrected chi connectivity index (χ0v) is 19.2. The second-order valence-corrected chi connectivity index (χ2v) is 9.75. The molecule has 3 rings (SSSR count). The Hall–Kier alpha value is -1.87. The van der Waals surface area contributed by atoms with Crippen molar-refractivity contribution in [1.29, 1.82) is 0 Å². The maximum atomic E-state index is 12.7. The zero-order valence-electron chi connectivity index (χ0n) is 17.6. The molecule has 7 nitrogen and oxygen atoms in total. The summed E-state index contributed by atoms with van der Waals surface area (Å²) in [7, 11) is 0. The van der Waals surface area contributed by atoms with Gasteiger partial charge in [0.2, 0.25) is 5.91 Å². The number of rotatable bonds is 7. The van der Waals surface area contributed by atoms with E-state index in [4.69, 9.17) is 4.74 Å². The third-order valence-corrected chi connectivity index (χ3v) is 6.81. The van der Waals surface area contributed by atoms with Crippen LogP contribution in [0, 0.1) is 6.92 Å². The van der Waals surface area contributed by atoms with Crippen molar-refractivity contribution in [3.8, 4) is 0 Å². The standard InChI is InChI=1S/C20H28N4O3S2/c1-11(2)24-13(5)22-23-20(24)28-10-16(25)21-18-17(19(26)27-12(3)4)14-8-6-7-9-15(14)29-18/h11-12H,6-10H2,1-5H3,(H,21,25). The predicted molar refractivity (Wildman–Crippen MR) is 116 cm³/mol. The van der Waals surface area contributed by atoms with E-state index in [1.807, 2.05) is 25.3 Å². The van der Waals surface area contributed by atoms with Crippen LogP contribution in [-0.2, 0) is 22.4 Å². The number of amides is 1. The lowest BCUT2D eigenvalue weighted by molar-refractivity contribution is -0.113. The summed E-state index contributed by atoms with van der Waals surface area (Å²) in [5, 5.41) is 12.6. The van der Waals surface area contributed by atoms with Crippen LogP contribution in [0.5, 0.6) is 0 Å². The number of esters is 1. The van der Waals surface area contributed by atoms with E-state index in [0.717, 1.165) is 42.2 Å². The third kappa shape index (κ3) is 5.01. The highest BCUT2D eigenvalue weighted by molar-refractivity contribution is 7.99. The molecule has 0 spiro atoms. The van der Waals surface area contributed by atoms with E-state index in [2.05, 4.69) is 29.4 Å². The van der Waals surface area contributed by atoms with Crippen LogP contribution in [0.2, 0.25) is 0 Å². The number of aryl methyl sites for hydroxylation is 2. The molecular weight excluding hydrogens is 408 g/mol. The second kappa shape index (κ2) is 9.30. The first-order chi connectivity index (χ1) is 13.8. The molecule has 0 atom stereocenters. The number of fused-ring (bicyclic) bond motifs is 1. The summed E-state index contributed by atoms with van der Waals surface area (Å²) in [4.78, 5) is 26.5. The largest absolute Gasteiger partial charge is 0.459 e. The first kappa shape index (κ1) is 21.8. The Balaban J connectivity index is 1.75. The Morgan fingerprint density at radius 3 is 2.62 bits per heavy atom. The maximum absolute atomic E-state index is 12.7.